The number of aliphatic hydroxyl groups is 1. The zero-order valence-electron chi connectivity index (χ0n) is 12.2. The first-order valence-electron chi connectivity index (χ1n) is 6.97. The second-order valence-electron chi connectivity index (χ2n) is 5.57. The van der Waals surface area contributed by atoms with Crippen molar-refractivity contribution in [2.45, 2.75) is 40.5 Å². The summed E-state index contributed by atoms with van der Waals surface area (Å²) in [6, 6.07) is 8.63. The monoisotopic (exact) mass is 249 g/mol. The number of hydrogen-bond donors (Lipinski definition) is 1. The third kappa shape index (κ3) is 4.02. The molecule has 1 N–H and O–H groups in total. The minimum absolute atomic E-state index is 0.00432. The predicted octanol–water partition coefficient (Wildman–Crippen LogP) is 3.62. The summed E-state index contributed by atoms with van der Waals surface area (Å²) in [6.07, 6.45) is 2.17. The van der Waals surface area contributed by atoms with E-state index in [1.807, 2.05) is 0 Å². The van der Waals surface area contributed by atoms with Gasteiger partial charge in [-0.25, -0.2) is 0 Å². The van der Waals surface area contributed by atoms with Crippen molar-refractivity contribution in [3.05, 3.63) is 29.8 Å². The van der Waals surface area contributed by atoms with Crippen LogP contribution in [0.3, 0.4) is 0 Å². The molecule has 0 aliphatic carbocycles. The zero-order chi connectivity index (χ0) is 13.6. The molecule has 0 aliphatic heterocycles. The minimum Gasteiger partial charge on any atom is -0.396 e. The second kappa shape index (κ2) is 6.79. The number of nitrogens with zero attached hydrogens (tertiary/aromatic N) is 1. The lowest BCUT2D eigenvalue weighted by Gasteiger charge is -2.35. The molecule has 1 aromatic rings. The van der Waals surface area contributed by atoms with E-state index < -0.39 is 0 Å². The summed E-state index contributed by atoms with van der Waals surface area (Å²) < 4.78 is 0. The average molecular weight is 249 g/mol. The minimum atomic E-state index is -0.00432. The summed E-state index contributed by atoms with van der Waals surface area (Å²) in [5.74, 6) is 0. The van der Waals surface area contributed by atoms with Crippen LogP contribution in [0.2, 0.25) is 0 Å². The average Bonchev–Trinajstić information content (AvgIpc) is 2.37. The lowest BCUT2D eigenvalue weighted by atomic mass is 9.86. The van der Waals surface area contributed by atoms with Gasteiger partial charge in [-0.2, -0.15) is 0 Å². The Labute approximate surface area is 112 Å². The fraction of sp³-hybridized carbons (Fsp3) is 0.625. The van der Waals surface area contributed by atoms with Crippen LogP contribution in [0.15, 0.2) is 24.3 Å². The standard InChI is InChI=1S/C16H27NO/c1-5-11-16(4,13-18)12-17(6-2)15-9-7-14(3)8-10-15/h7-10,18H,5-6,11-13H2,1-4H3. The molecule has 0 aliphatic rings. The van der Waals surface area contributed by atoms with Crippen molar-refractivity contribution in [2.24, 2.45) is 5.41 Å². The topological polar surface area (TPSA) is 23.5 Å². The van der Waals surface area contributed by atoms with E-state index in [0.717, 1.165) is 25.9 Å². The van der Waals surface area contributed by atoms with Crippen molar-refractivity contribution in [1.29, 1.82) is 0 Å². The summed E-state index contributed by atoms with van der Waals surface area (Å²) in [7, 11) is 0. The van der Waals surface area contributed by atoms with Crippen molar-refractivity contribution in [3.8, 4) is 0 Å². The van der Waals surface area contributed by atoms with E-state index >= 15 is 0 Å². The third-order valence-corrected chi connectivity index (χ3v) is 3.59. The van der Waals surface area contributed by atoms with E-state index in [2.05, 4.69) is 56.9 Å². The molecule has 0 saturated heterocycles. The van der Waals surface area contributed by atoms with Gasteiger partial charge in [-0.1, -0.05) is 38.0 Å². The molecule has 1 atom stereocenters. The van der Waals surface area contributed by atoms with Crippen molar-refractivity contribution in [2.75, 3.05) is 24.6 Å². The number of aryl methyl sites for hydroxylation is 1. The molecule has 0 saturated carbocycles. The van der Waals surface area contributed by atoms with Crippen LogP contribution in [0.1, 0.15) is 39.2 Å². The Kier molecular flexibility index (Phi) is 5.67. The maximum atomic E-state index is 9.63. The first-order chi connectivity index (χ1) is 8.54. The Morgan fingerprint density at radius 3 is 2.22 bits per heavy atom. The number of benzene rings is 1. The molecular formula is C16H27NO. The zero-order valence-corrected chi connectivity index (χ0v) is 12.2. The Balaban J connectivity index is 2.80. The molecule has 1 rings (SSSR count). The number of hydrogen-bond acceptors (Lipinski definition) is 2. The molecule has 0 heterocycles. The van der Waals surface area contributed by atoms with Crippen LogP contribution in [-0.2, 0) is 0 Å². The summed E-state index contributed by atoms with van der Waals surface area (Å²) in [6.45, 7) is 10.8. The van der Waals surface area contributed by atoms with E-state index in [-0.39, 0.29) is 12.0 Å². The Morgan fingerprint density at radius 1 is 1.17 bits per heavy atom. The van der Waals surface area contributed by atoms with Crippen LogP contribution in [0.5, 0.6) is 0 Å². The molecule has 1 unspecified atom stereocenters. The highest BCUT2D eigenvalue weighted by molar-refractivity contribution is 5.47. The smallest absolute Gasteiger partial charge is 0.0501 e. The highest BCUT2D eigenvalue weighted by atomic mass is 16.3. The Bertz CT molecular complexity index is 347. The summed E-state index contributed by atoms with van der Waals surface area (Å²) >= 11 is 0. The normalized spacial score (nSPS) is 14.3. The summed E-state index contributed by atoms with van der Waals surface area (Å²) in [4.78, 5) is 2.35. The molecule has 18 heavy (non-hydrogen) atoms. The van der Waals surface area contributed by atoms with Gasteiger partial charge < -0.3 is 10.0 Å². The summed E-state index contributed by atoms with van der Waals surface area (Å²) in [5.41, 5.74) is 2.53. The highest BCUT2D eigenvalue weighted by Gasteiger charge is 2.25. The van der Waals surface area contributed by atoms with Crippen LogP contribution in [-0.4, -0.2) is 24.8 Å². The van der Waals surface area contributed by atoms with Crippen molar-refractivity contribution in [3.63, 3.8) is 0 Å². The van der Waals surface area contributed by atoms with Gasteiger partial charge in [0.05, 0.1) is 6.61 Å². The highest BCUT2D eigenvalue weighted by Crippen LogP contribution is 2.27. The van der Waals surface area contributed by atoms with Gasteiger partial charge in [0.2, 0.25) is 0 Å². The third-order valence-electron chi connectivity index (χ3n) is 3.59. The van der Waals surface area contributed by atoms with E-state index in [1.54, 1.807) is 0 Å². The van der Waals surface area contributed by atoms with Crippen LogP contribution >= 0.6 is 0 Å². The molecule has 102 valence electrons. The quantitative estimate of drug-likeness (QED) is 0.798. The number of rotatable bonds is 7. The molecule has 2 nitrogen and oxygen atoms in total. The van der Waals surface area contributed by atoms with E-state index in [1.165, 1.54) is 11.3 Å². The van der Waals surface area contributed by atoms with Crippen molar-refractivity contribution < 1.29 is 5.11 Å². The van der Waals surface area contributed by atoms with Crippen LogP contribution < -0.4 is 4.90 Å². The van der Waals surface area contributed by atoms with Crippen molar-refractivity contribution >= 4 is 5.69 Å². The Morgan fingerprint density at radius 2 is 1.78 bits per heavy atom. The van der Waals surface area contributed by atoms with Gasteiger partial charge in [-0.05, 0) is 32.4 Å². The molecule has 0 aromatic heterocycles. The van der Waals surface area contributed by atoms with Gasteiger partial charge in [-0.3, -0.25) is 0 Å². The number of aliphatic hydroxyl groups excluding tert-OH is 1. The molecule has 0 amide bonds. The maximum absolute atomic E-state index is 9.63. The molecule has 1 aromatic carbocycles. The van der Waals surface area contributed by atoms with Crippen LogP contribution in [0.4, 0.5) is 5.69 Å². The van der Waals surface area contributed by atoms with E-state index in [0.29, 0.717) is 0 Å². The van der Waals surface area contributed by atoms with Gasteiger partial charge in [0.1, 0.15) is 0 Å². The molecule has 2 heteroatoms. The van der Waals surface area contributed by atoms with Crippen LogP contribution in [0, 0.1) is 12.3 Å². The van der Waals surface area contributed by atoms with Gasteiger partial charge in [0, 0.05) is 24.2 Å². The van der Waals surface area contributed by atoms with Gasteiger partial charge in [0.15, 0.2) is 0 Å². The van der Waals surface area contributed by atoms with E-state index in [9.17, 15) is 5.11 Å². The SMILES string of the molecule is CCCC(C)(CO)CN(CC)c1ccc(C)cc1. The molecule has 0 radical (unpaired) electrons. The second-order valence-corrected chi connectivity index (χ2v) is 5.57. The molecule has 0 fully saturated rings. The van der Waals surface area contributed by atoms with Crippen molar-refractivity contribution in [1.82, 2.24) is 0 Å². The first kappa shape index (κ1) is 15.0. The first-order valence-corrected chi connectivity index (χ1v) is 6.97. The fourth-order valence-electron chi connectivity index (χ4n) is 2.41. The molecular weight excluding hydrogens is 222 g/mol. The van der Waals surface area contributed by atoms with Gasteiger partial charge in [-0.15, -0.1) is 0 Å². The fourth-order valence-corrected chi connectivity index (χ4v) is 2.41. The van der Waals surface area contributed by atoms with Gasteiger partial charge in [0.25, 0.3) is 0 Å². The lowest BCUT2D eigenvalue weighted by Crippen LogP contribution is -2.38. The predicted molar refractivity (Wildman–Crippen MR) is 79.2 cm³/mol. The van der Waals surface area contributed by atoms with Crippen LogP contribution in [0.25, 0.3) is 0 Å². The van der Waals surface area contributed by atoms with E-state index in [4.69, 9.17) is 0 Å². The van der Waals surface area contributed by atoms with Gasteiger partial charge >= 0.3 is 0 Å². The number of anilines is 1. The molecule has 0 spiro atoms. The summed E-state index contributed by atoms with van der Waals surface area (Å²) in [5, 5.41) is 9.63. The largest absolute Gasteiger partial charge is 0.396 e. The lowest BCUT2D eigenvalue weighted by molar-refractivity contribution is 0.137. The Hall–Kier alpha value is -1.02. The maximum Gasteiger partial charge on any atom is 0.0501 e. The molecule has 0 bridgehead atoms.